The summed E-state index contributed by atoms with van der Waals surface area (Å²) in [6, 6.07) is 6.64. The number of likely N-dealkylation sites (tertiary alicyclic amines) is 1. The fourth-order valence-corrected chi connectivity index (χ4v) is 4.79. The van der Waals surface area contributed by atoms with E-state index in [1.165, 1.54) is 4.31 Å². The topological polar surface area (TPSA) is 95.0 Å². The predicted octanol–water partition coefficient (Wildman–Crippen LogP) is 1.16. The van der Waals surface area contributed by atoms with Gasteiger partial charge in [-0.3, -0.25) is 13.9 Å². The summed E-state index contributed by atoms with van der Waals surface area (Å²) in [5.41, 5.74) is 0.946. The van der Waals surface area contributed by atoms with Gasteiger partial charge in [-0.05, 0) is 37.5 Å². The number of piperidine rings is 1. The standard InChI is InChI=1S/C16H20N2O5S/c19-15(17-8-5-12(6-9-17)16(20)21)13-3-1-4-14(11-13)18-7-2-10-24(18,22)23/h1,3-4,11-12H,2,5-10H2,(H,20,21). The van der Waals surface area contributed by atoms with E-state index in [-0.39, 0.29) is 11.7 Å². The van der Waals surface area contributed by atoms with E-state index in [1.54, 1.807) is 29.2 Å². The summed E-state index contributed by atoms with van der Waals surface area (Å²) in [6.07, 6.45) is 1.48. The normalized spacial score (nSPS) is 21.0. The Labute approximate surface area is 140 Å². The number of anilines is 1. The molecule has 1 amide bonds. The molecule has 2 fully saturated rings. The molecular weight excluding hydrogens is 332 g/mol. The van der Waals surface area contributed by atoms with Crippen LogP contribution in [0, 0.1) is 5.92 Å². The minimum absolute atomic E-state index is 0.133. The molecule has 1 aromatic rings. The van der Waals surface area contributed by atoms with Gasteiger partial charge in [-0.2, -0.15) is 0 Å². The number of rotatable bonds is 3. The van der Waals surface area contributed by atoms with Crippen LogP contribution >= 0.6 is 0 Å². The number of hydrogen-bond donors (Lipinski definition) is 1. The Morgan fingerprint density at radius 1 is 1.12 bits per heavy atom. The van der Waals surface area contributed by atoms with Crippen LogP contribution in [-0.2, 0) is 14.8 Å². The summed E-state index contributed by atoms with van der Waals surface area (Å²) in [5.74, 6) is -1.26. The molecule has 2 saturated heterocycles. The monoisotopic (exact) mass is 352 g/mol. The molecule has 0 spiro atoms. The summed E-state index contributed by atoms with van der Waals surface area (Å²) in [6.45, 7) is 1.24. The Morgan fingerprint density at radius 2 is 1.83 bits per heavy atom. The molecule has 130 valence electrons. The van der Waals surface area contributed by atoms with Gasteiger partial charge in [0.05, 0.1) is 17.4 Å². The molecule has 2 aliphatic rings. The lowest BCUT2D eigenvalue weighted by molar-refractivity contribution is -0.143. The van der Waals surface area contributed by atoms with E-state index in [0.29, 0.717) is 50.1 Å². The fraction of sp³-hybridized carbons (Fsp3) is 0.500. The Hall–Kier alpha value is -2.09. The molecule has 0 radical (unpaired) electrons. The maximum absolute atomic E-state index is 12.6. The van der Waals surface area contributed by atoms with E-state index in [0.717, 1.165) is 0 Å². The lowest BCUT2D eigenvalue weighted by Gasteiger charge is -2.30. The highest BCUT2D eigenvalue weighted by Crippen LogP contribution is 2.26. The minimum Gasteiger partial charge on any atom is -0.481 e. The highest BCUT2D eigenvalue weighted by molar-refractivity contribution is 7.93. The third-order valence-electron chi connectivity index (χ3n) is 4.61. The molecule has 2 aliphatic heterocycles. The van der Waals surface area contributed by atoms with Gasteiger partial charge in [-0.25, -0.2) is 8.42 Å². The lowest BCUT2D eigenvalue weighted by Crippen LogP contribution is -2.40. The van der Waals surface area contributed by atoms with Gasteiger partial charge in [0.15, 0.2) is 0 Å². The maximum Gasteiger partial charge on any atom is 0.306 e. The Morgan fingerprint density at radius 3 is 2.42 bits per heavy atom. The molecule has 3 rings (SSSR count). The number of carbonyl (C=O) groups is 2. The van der Waals surface area contributed by atoms with Gasteiger partial charge >= 0.3 is 5.97 Å². The van der Waals surface area contributed by atoms with Crippen molar-refractivity contribution in [3.63, 3.8) is 0 Å². The second-order valence-corrected chi connectivity index (χ2v) is 8.21. The first kappa shape index (κ1) is 16.8. The number of carbonyl (C=O) groups excluding carboxylic acids is 1. The highest BCUT2D eigenvalue weighted by Gasteiger charge is 2.30. The van der Waals surface area contributed by atoms with Crippen LogP contribution in [0.2, 0.25) is 0 Å². The lowest BCUT2D eigenvalue weighted by atomic mass is 9.96. The Balaban J connectivity index is 1.75. The van der Waals surface area contributed by atoms with Crippen molar-refractivity contribution >= 4 is 27.6 Å². The SMILES string of the molecule is O=C(O)C1CCN(C(=O)c2cccc(N3CCCS3(=O)=O)c2)CC1. The zero-order valence-corrected chi connectivity index (χ0v) is 14.0. The van der Waals surface area contributed by atoms with Gasteiger partial charge in [-0.15, -0.1) is 0 Å². The van der Waals surface area contributed by atoms with Crippen molar-refractivity contribution in [2.45, 2.75) is 19.3 Å². The molecule has 0 aromatic heterocycles. The van der Waals surface area contributed by atoms with Crippen molar-refractivity contribution in [1.29, 1.82) is 0 Å². The summed E-state index contributed by atoms with van der Waals surface area (Å²) in [7, 11) is -3.28. The van der Waals surface area contributed by atoms with Crippen LogP contribution in [0.4, 0.5) is 5.69 Å². The summed E-state index contributed by atoms with van der Waals surface area (Å²) in [5, 5.41) is 9.02. The van der Waals surface area contributed by atoms with Crippen molar-refractivity contribution in [1.82, 2.24) is 4.90 Å². The molecular formula is C16H20N2O5S. The number of sulfonamides is 1. The van der Waals surface area contributed by atoms with E-state index in [4.69, 9.17) is 5.11 Å². The van der Waals surface area contributed by atoms with E-state index in [9.17, 15) is 18.0 Å². The van der Waals surface area contributed by atoms with Crippen molar-refractivity contribution < 1.29 is 23.1 Å². The second-order valence-electron chi connectivity index (χ2n) is 6.20. The molecule has 0 unspecified atom stereocenters. The average molecular weight is 352 g/mol. The highest BCUT2D eigenvalue weighted by atomic mass is 32.2. The van der Waals surface area contributed by atoms with Crippen LogP contribution < -0.4 is 4.31 Å². The zero-order chi connectivity index (χ0) is 17.3. The van der Waals surface area contributed by atoms with Crippen molar-refractivity contribution in [3.8, 4) is 0 Å². The van der Waals surface area contributed by atoms with Crippen LogP contribution in [0.15, 0.2) is 24.3 Å². The number of carboxylic acids is 1. The first-order valence-corrected chi connectivity index (χ1v) is 9.62. The number of benzene rings is 1. The van der Waals surface area contributed by atoms with E-state index in [1.807, 2.05) is 0 Å². The van der Waals surface area contributed by atoms with E-state index >= 15 is 0 Å². The number of nitrogens with zero attached hydrogens (tertiary/aromatic N) is 2. The van der Waals surface area contributed by atoms with Gasteiger partial charge in [0.1, 0.15) is 0 Å². The number of hydrogen-bond acceptors (Lipinski definition) is 4. The largest absolute Gasteiger partial charge is 0.481 e. The number of aliphatic carboxylic acids is 1. The number of amides is 1. The van der Waals surface area contributed by atoms with Crippen LogP contribution in [0.5, 0.6) is 0 Å². The molecule has 24 heavy (non-hydrogen) atoms. The molecule has 1 N–H and O–H groups in total. The maximum atomic E-state index is 12.6. The average Bonchev–Trinajstić information content (AvgIpc) is 2.93. The molecule has 0 bridgehead atoms. The Kier molecular flexibility index (Phi) is 4.49. The Bertz CT molecular complexity index is 753. The molecule has 2 heterocycles. The van der Waals surface area contributed by atoms with E-state index in [2.05, 4.69) is 0 Å². The van der Waals surface area contributed by atoms with Crippen molar-refractivity contribution in [3.05, 3.63) is 29.8 Å². The summed E-state index contributed by atoms with van der Waals surface area (Å²) >= 11 is 0. The van der Waals surface area contributed by atoms with Crippen molar-refractivity contribution in [2.24, 2.45) is 5.92 Å². The molecule has 0 saturated carbocycles. The zero-order valence-electron chi connectivity index (χ0n) is 13.2. The second kappa shape index (κ2) is 6.43. The first-order chi connectivity index (χ1) is 11.4. The van der Waals surface area contributed by atoms with Gasteiger partial charge in [-0.1, -0.05) is 6.07 Å². The molecule has 0 atom stereocenters. The fourth-order valence-electron chi connectivity index (χ4n) is 3.24. The summed E-state index contributed by atoms with van der Waals surface area (Å²) in [4.78, 5) is 25.2. The van der Waals surface area contributed by atoms with E-state index < -0.39 is 21.9 Å². The third kappa shape index (κ3) is 3.24. The van der Waals surface area contributed by atoms with Gasteiger partial charge in [0, 0.05) is 25.2 Å². The quantitative estimate of drug-likeness (QED) is 0.881. The first-order valence-electron chi connectivity index (χ1n) is 8.01. The molecule has 8 heteroatoms. The predicted molar refractivity (Wildman–Crippen MR) is 88.5 cm³/mol. The van der Waals surface area contributed by atoms with Gasteiger partial charge < -0.3 is 10.0 Å². The third-order valence-corrected chi connectivity index (χ3v) is 6.48. The van der Waals surface area contributed by atoms with Crippen LogP contribution in [0.3, 0.4) is 0 Å². The smallest absolute Gasteiger partial charge is 0.306 e. The minimum atomic E-state index is -3.28. The number of carboxylic acid groups (broad SMARTS) is 1. The van der Waals surface area contributed by atoms with Crippen LogP contribution in [0.25, 0.3) is 0 Å². The van der Waals surface area contributed by atoms with Crippen molar-refractivity contribution in [2.75, 3.05) is 29.7 Å². The van der Waals surface area contributed by atoms with Crippen LogP contribution in [0.1, 0.15) is 29.6 Å². The molecule has 0 aliphatic carbocycles. The van der Waals surface area contributed by atoms with Gasteiger partial charge in [0.2, 0.25) is 10.0 Å². The van der Waals surface area contributed by atoms with Gasteiger partial charge in [0.25, 0.3) is 5.91 Å². The van der Waals surface area contributed by atoms with Crippen LogP contribution in [-0.4, -0.2) is 55.7 Å². The molecule has 1 aromatic carbocycles. The molecule has 7 nitrogen and oxygen atoms in total. The summed E-state index contributed by atoms with van der Waals surface area (Å²) < 4.78 is 25.4.